The van der Waals surface area contributed by atoms with Gasteiger partial charge in [0.1, 0.15) is 5.75 Å². The Balaban J connectivity index is 2.22. The van der Waals surface area contributed by atoms with E-state index in [2.05, 4.69) is 5.32 Å². The van der Waals surface area contributed by atoms with Gasteiger partial charge in [-0.2, -0.15) is 0 Å². The molecule has 0 amide bonds. The molecule has 0 aromatic heterocycles. The van der Waals surface area contributed by atoms with Crippen LogP contribution in [0.2, 0.25) is 0 Å². The molecule has 1 saturated heterocycles. The fourth-order valence-electron chi connectivity index (χ4n) is 2.49. The van der Waals surface area contributed by atoms with Crippen molar-refractivity contribution in [2.75, 3.05) is 20.8 Å². The topological polar surface area (TPSA) is 67.8 Å². The van der Waals surface area contributed by atoms with E-state index in [0.717, 1.165) is 16.9 Å². The second-order valence-electron chi connectivity index (χ2n) is 4.73. The van der Waals surface area contributed by atoms with E-state index in [1.165, 1.54) is 0 Å². The monoisotopic (exact) mass is 265 g/mol. The number of benzene rings is 1. The standard InChI is InChI=1S/C14H19NO4/c1-18-8-10-5-11(19-2)3-4-12(10)13-6-9(7-15-13)14(16)17/h3-5,9,13,15H,6-8H2,1-2H3,(H,16,17). The summed E-state index contributed by atoms with van der Waals surface area (Å²) in [6.45, 7) is 1.00. The first-order valence-corrected chi connectivity index (χ1v) is 6.27. The highest BCUT2D eigenvalue weighted by molar-refractivity contribution is 5.70. The van der Waals surface area contributed by atoms with E-state index in [-0.39, 0.29) is 12.0 Å². The molecule has 0 radical (unpaired) electrons. The van der Waals surface area contributed by atoms with Crippen LogP contribution in [0.15, 0.2) is 18.2 Å². The summed E-state index contributed by atoms with van der Waals surface area (Å²) in [5, 5.41) is 12.3. The van der Waals surface area contributed by atoms with Crippen molar-refractivity contribution in [3.63, 3.8) is 0 Å². The van der Waals surface area contributed by atoms with Gasteiger partial charge in [-0.05, 0) is 29.7 Å². The fourth-order valence-corrected chi connectivity index (χ4v) is 2.49. The van der Waals surface area contributed by atoms with E-state index in [0.29, 0.717) is 19.6 Å². The van der Waals surface area contributed by atoms with Gasteiger partial charge < -0.3 is 19.9 Å². The Morgan fingerprint density at radius 3 is 2.84 bits per heavy atom. The number of carboxylic acid groups (broad SMARTS) is 1. The van der Waals surface area contributed by atoms with Gasteiger partial charge in [-0.1, -0.05) is 6.07 Å². The van der Waals surface area contributed by atoms with Crippen molar-refractivity contribution in [3.05, 3.63) is 29.3 Å². The third kappa shape index (κ3) is 3.05. The molecular formula is C14H19NO4. The molecule has 1 aliphatic rings. The lowest BCUT2D eigenvalue weighted by molar-refractivity contribution is -0.141. The predicted octanol–water partition coefficient (Wildman–Crippen LogP) is 1.58. The molecule has 5 heteroatoms. The van der Waals surface area contributed by atoms with Crippen LogP contribution < -0.4 is 10.1 Å². The summed E-state index contributed by atoms with van der Waals surface area (Å²) in [4.78, 5) is 11.0. The molecule has 0 aliphatic carbocycles. The number of ether oxygens (including phenoxy) is 2. The number of nitrogens with one attached hydrogen (secondary N) is 1. The lowest BCUT2D eigenvalue weighted by Gasteiger charge is -2.16. The lowest BCUT2D eigenvalue weighted by Crippen LogP contribution is -2.17. The second kappa shape index (κ2) is 6.04. The molecule has 2 atom stereocenters. The second-order valence-corrected chi connectivity index (χ2v) is 4.73. The highest BCUT2D eigenvalue weighted by atomic mass is 16.5. The van der Waals surface area contributed by atoms with Crippen molar-refractivity contribution in [2.24, 2.45) is 5.92 Å². The van der Waals surface area contributed by atoms with E-state index in [9.17, 15) is 4.79 Å². The summed E-state index contributed by atoms with van der Waals surface area (Å²) < 4.78 is 10.4. The Morgan fingerprint density at radius 2 is 2.26 bits per heavy atom. The van der Waals surface area contributed by atoms with Gasteiger partial charge in [-0.15, -0.1) is 0 Å². The Labute approximate surface area is 112 Å². The number of carbonyl (C=O) groups is 1. The number of aliphatic carboxylic acids is 1. The molecule has 1 aliphatic heterocycles. The average molecular weight is 265 g/mol. The quantitative estimate of drug-likeness (QED) is 0.846. The number of hydrogen-bond acceptors (Lipinski definition) is 4. The minimum atomic E-state index is -0.739. The molecule has 1 fully saturated rings. The molecule has 0 bridgehead atoms. The first-order chi connectivity index (χ1) is 9.15. The van der Waals surface area contributed by atoms with Gasteiger partial charge in [-0.25, -0.2) is 0 Å². The Kier molecular flexibility index (Phi) is 4.39. The summed E-state index contributed by atoms with van der Waals surface area (Å²) in [5.41, 5.74) is 2.12. The molecule has 1 aromatic carbocycles. The zero-order chi connectivity index (χ0) is 13.8. The molecule has 2 unspecified atom stereocenters. The van der Waals surface area contributed by atoms with E-state index in [1.54, 1.807) is 14.2 Å². The van der Waals surface area contributed by atoms with Crippen LogP contribution in [-0.2, 0) is 16.1 Å². The molecule has 1 heterocycles. The molecule has 1 aromatic rings. The van der Waals surface area contributed by atoms with Crippen molar-refractivity contribution in [1.29, 1.82) is 0 Å². The molecule has 0 saturated carbocycles. The van der Waals surface area contributed by atoms with Gasteiger partial charge in [0.05, 0.1) is 19.6 Å². The molecule has 5 nitrogen and oxygen atoms in total. The number of carboxylic acids is 1. The maximum absolute atomic E-state index is 11.0. The van der Waals surface area contributed by atoms with E-state index < -0.39 is 5.97 Å². The Hall–Kier alpha value is -1.59. The average Bonchev–Trinajstić information content (AvgIpc) is 2.88. The predicted molar refractivity (Wildman–Crippen MR) is 70.2 cm³/mol. The molecule has 0 spiro atoms. The first-order valence-electron chi connectivity index (χ1n) is 6.27. The maximum Gasteiger partial charge on any atom is 0.307 e. The first kappa shape index (κ1) is 13.8. The van der Waals surface area contributed by atoms with E-state index >= 15 is 0 Å². The molecule has 19 heavy (non-hydrogen) atoms. The van der Waals surface area contributed by atoms with E-state index in [4.69, 9.17) is 14.6 Å². The summed E-state index contributed by atoms with van der Waals surface area (Å²) in [6, 6.07) is 5.88. The van der Waals surface area contributed by atoms with Crippen LogP contribution in [0.25, 0.3) is 0 Å². The zero-order valence-electron chi connectivity index (χ0n) is 11.2. The fraction of sp³-hybridized carbons (Fsp3) is 0.500. The SMILES string of the molecule is COCc1cc(OC)ccc1C1CC(C(=O)O)CN1. The van der Waals surface area contributed by atoms with Crippen LogP contribution in [0.3, 0.4) is 0 Å². The number of methoxy groups -OCH3 is 2. The van der Waals surface area contributed by atoms with Gasteiger partial charge in [0.25, 0.3) is 0 Å². The van der Waals surface area contributed by atoms with Crippen LogP contribution in [0.4, 0.5) is 0 Å². The third-order valence-corrected chi connectivity index (χ3v) is 3.51. The molecule has 104 valence electrons. The molecular weight excluding hydrogens is 246 g/mol. The lowest BCUT2D eigenvalue weighted by atomic mass is 9.96. The zero-order valence-corrected chi connectivity index (χ0v) is 11.2. The maximum atomic E-state index is 11.0. The van der Waals surface area contributed by atoms with Crippen LogP contribution in [0, 0.1) is 5.92 Å². The normalized spacial score (nSPS) is 22.4. The van der Waals surface area contributed by atoms with Gasteiger partial charge in [0, 0.05) is 19.7 Å². The van der Waals surface area contributed by atoms with Crippen molar-refractivity contribution in [3.8, 4) is 5.75 Å². The minimum Gasteiger partial charge on any atom is -0.497 e. The third-order valence-electron chi connectivity index (χ3n) is 3.51. The largest absolute Gasteiger partial charge is 0.497 e. The summed E-state index contributed by atoms with van der Waals surface area (Å²) in [7, 11) is 3.27. The van der Waals surface area contributed by atoms with Gasteiger partial charge in [0.2, 0.25) is 0 Å². The smallest absolute Gasteiger partial charge is 0.307 e. The molecule has 2 rings (SSSR count). The van der Waals surface area contributed by atoms with Crippen LogP contribution in [0.1, 0.15) is 23.6 Å². The van der Waals surface area contributed by atoms with Gasteiger partial charge in [0.15, 0.2) is 0 Å². The summed E-state index contributed by atoms with van der Waals surface area (Å²) in [6.07, 6.45) is 0.610. The highest BCUT2D eigenvalue weighted by Crippen LogP contribution is 2.31. The van der Waals surface area contributed by atoms with Crippen molar-refractivity contribution in [1.82, 2.24) is 5.32 Å². The number of hydrogen-bond donors (Lipinski definition) is 2. The van der Waals surface area contributed by atoms with Crippen LogP contribution >= 0.6 is 0 Å². The van der Waals surface area contributed by atoms with Gasteiger partial charge in [-0.3, -0.25) is 4.79 Å². The Bertz CT molecular complexity index is 461. The van der Waals surface area contributed by atoms with Gasteiger partial charge >= 0.3 is 5.97 Å². The van der Waals surface area contributed by atoms with Crippen molar-refractivity contribution < 1.29 is 19.4 Å². The van der Waals surface area contributed by atoms with Crippen molar-refractivity contribution in [2.45, 2.75) is 19.1 Å². The van der Waals surface area contributed by atoms with Crippen LogP contribution in [0.5, 0.6) is 5.75 Å². The summed E-state index contributed by atoms with van der Waals surface area (Å²) in [5.74, 6) is -0.275. The number of rotatable bonds is 5. The van der Waals surface area contributed by atoms with E-state index in [1.807, 2.05) is 18.2 Å². The minimum absolute atomic E-state index is 0.0668. The van der Waals surface area contributed by atoms with Crippen molar-refractivity contribution >= 4 is 5.97 Å². The van der Waals surface area contributed by atoms with Crippen LogP contribution in [-0.4, -0.2) is 31.8 Å². The Morgan fingerprint density at radius 1 is 1.47 bits per heavy atom. The summed E-state index contributed by atoms with van der Waals surface area (Å²) >= 11 is 0. The molecule has 2 N–H and O–H groups in total. The highest BCUT2D eigenvalue weighted by Gasteiger charge is 2.31.